The van der Waals surface area contributed by atoms with Crippen LogP contribution in [0, 0.1) is 0 Å². The van der Waals surface area contributed by atoms with E-state index in [9.17, 15) is 4.79 Å². The number of aryl methyl sites for hydroxylation is 1. The normalized spacial score (nSPS) is 11.6. The summed E-state index contributed by atoms with van der Waals surface area (Å²) in [6, 6.07) is 0.352. The number of nitrogens with zero attached hydrogens (tertiary/aromatic N) is 4. The first-order valence-corrected chi connectivity index (χ1v) is 6.28. The molecule has 0 aliphatic rings. The second kappa shape index (κ2) is 5.36. The number of fused-ring (bicyclic) bond motifs is 1. The summed E-state index contributed by atoms with van der Waals surface area (Å²) in [5, 5.41) is 4.57. The molecule has 6 nitrogen and oxygen atoms in total. The largest absolute Gasteiger partial charge is 0.309 e. The molecule has 2 heterocycles. The Kier molecular flexibility index (Phi) is 3.80. The fourth-order valence-corrected chi connectivity index (χ4v) is 1.97. The first-order valence-electron chi connectivity index (χ1n) is 6.28. The molecule has 0 bridgehead atoms. The summed E-state index contributed by atoms with van der Waals surface area (Å²) < 4.78 is 1.61. The van der Waals surface area contributed by atoms with E-state index in [2.05, 4.69) is 40.4 Å². The molecule has 2 aromatic heterocycles. The smallest absolute Gasteiger partial charge is 0.262 e. The van der Waals surface area contributed by atoms with Crippen LogP contribution in [0.3, 0.4) is 0 Å². The van der Waals surface area contributed by atoms with E-state index >= 15 is 0 Å². The molecule has 1 N–H and O–H groups in total. The average Bonchev–Trinajstić information content (AvgIpc) is 2.71. The van der Waals surface area contributed by atoms with Gasteiger partial charge in [0.1, 0.15) is 11.2 Å². The van der Waals surface area contributed by atoms with Gasteiger partial charge in [0.05, 0.1) is 12.7 Å². The van der Waals surface area contributed by atoms with Crippen LogP contribution in [0.5, 0.6) is 0 Å². The van der Waals surface area contributed by atoms with Crippen LogP contribution in [0.1, 0.15) is 19.7 Å². The van der Waals surface area contributed by atoms with Crippen molar-refractivity contribution in [2.45, 2.75) is 26.4 Å². The number of aromatic nitrogens is 4. The Labute approximate surface area is 111 Å². The number of hydrogen-bond donors (Lipinski definition) is 1. The zero-order valence-electron chi connectivity index (χ0n) is 11.6. The van der Waals surface area contributed by atoms with Gasteiger partial charge in [0.2, 0.25) is 0 Å². The van der Waals surface area contributed by atoms with Crippen molar-refractivity contribution in [2.24, 2.45) is 7.05 Å². The lowest BCUT2D eigenvalue weighted by atomic mass is 10.3. The molecule has 0 aromatic carbocycles. The topological polar surface area (TPSA) is 66.8 Å². The minimum Gasteiger partial charge on any atom is -0.309 e. The van der Waals surface area contributed by atoms with Gasteiger partial charge in [-0.2, -0.15) is 5.10 Å². The molecule has 0 amide bonds. The Hall–Kier alpha value is -1.95. The van der Waals surface area contributed by atoms with Crippen LogP contribution < -0.4 is 5.56 Å². The van der Waals surface area contributed by atoms with Gasteiger partial charge >= 0.3 is 0 Å². The Bertz CT molecular complexity index is 640. The quantitative estimate of drug-likeness (QED) is 0.817. The van der Waals surface area contributed by atoms with E-state index in [1.165, 1.54) is 6.20 Å². The van der Waals surface area contributed by atoms with E-state index in [1.54, 1.807) is 11.7 Å². The zero-order chi connectivity index (χ0) is 14.0. The van der Waals surface area contributed by atoms with Gasteiger partial charge in [-0.05, 0) is 13.8 Å². The molecule has 2 aromatic rings. The third-order valence-corrected chi connectivity index (χ3v) is 3.10. The third-order valence-electron chi connectivity index (χ3n) is 3.10. The molecule has 0 unspecified atom stereocenters. The number of hydrogen-bond acceptors (Lipinski definition) is 4. The monoisotopic (exact) mass is 261 g/mol. The second-order valence-electron chi connectivity index (χ2n) is 4.83. The van der Waals surface area contributed by atoms with Crippen molar-refractivity contribution in [2.75, 3.05) is 6.54 Å². The highest BCUT2D eigenvalue weighted by atomic mass is 16.1. The van der Waals surface area contributed by atoms with Crippen molar-refractivity contribution in [1.82, 2.24) is 24.6 Å². The van der Waals surface area contributed by atoms with Crippen molar-refractivity contribution < 1.29 is 0 Å². The number of nitrogens with one attached hydrogen (secondary N) is 1. The van der Waals surface area contributed by atoms with Crippen LogP contribution in [0.15, 0.2) is 23.6 Å². The fourth-order valence-electron chi connectivity index (χ4n) is 1.97. The minimum atomic E-state index is -0.143. The van der Waals surface area contributed by atoms with Crippen LogP contribution in [0.25, 0.3) is 11.0 Å². The standard InChI is InChI=1S/C13H19N5O/c1-5-6-18(9(2)3)8-11-15-12-10(13(19)16-11)7-14-17(12)4/h5,7,9H,1,6,8H2,2-4H3,(H,15,16,19). The maximum Gasteiger partial charge on any atom is 0.262 e. The molecule has 19 heavy (non-hydrogen) atoms. The van der Waals surface area contributed by atoms with Gasteiger partial charge in [-0.15, -0.1) is 6.58 Å². The van der Waals surface area contributed by atoms with Gasteiger partial charge in [-0.1, -0.05) is 6.08 Å². The van der Waals surface area contributed by atoms with Gasteiger partial charge in [-0.3, -0.25) is 14.4 Å². The molecule has 0 fully saturated rings. The summed E-state index contributed by atoms with van der Waals surface area (Å²) in [4.78, 5) is 21.4. The van der Waals surface area contributed by atoms with Crippen molar-refractivity contribution in [3.63, 3.8) is 0 Å². The minimum absolute atomic E-state index is 0.143. The number of rotatable bonds is 5. The van der Waals surface area contributed by atoms with Crippen molar-refractivity contribution in [1.29, 1.82) is 0 Å². The molecule has 0 radical (unpaired) electrons. The molecule has 6 heteroatoms. The average molecular weight is 261 g/mol. The summed E-state index contributed by atoms with van der Waals surface area (Å²) in [5.41, 5.74) is 0.469. The van der Waals surface area contributed by atoms with Crippen LogP contribution in [-0.2, 0) is 13.6 Å². The van der Waals surface area contributed by atoms with E-state index < -0.39 is 0 Å². The summed E-state index contributed by atoms with van der Waals surface area (Å²) in [6.07, 6.45) is 3.38. The molecule has 0 aliphatic carbocycles. The first kappa shape index (κ1) is 13.5. The van der Waals surface area contributed by atoms with Gasteiger partial charge in [0.25, 0.3) is 5.56 Å². The Morgan fingerprint density at radius 2 is 2.32 bits per heavy atom. The molecule has 0 atom stereocenters. The molecule has 0 spiro atoms. The van der Waals surface area contributed by atoms with Crippen LogP contribution in [0.2, 0.25) is 0 Å². The molecule has 0 aliphatic heterocycles. The van der Waals surface area contributed by atoms with Crippen molar-refractivity contribution in [3.05, 3.63) is 35.0 Å². The maximum atomic E-state index is 11.9. The first-order chi connectivity index (χ1) is 9.02. The lowest BCUT2D eigenvalue weighted by Gasteiger charge is -2.24. The zero-order valence-corrected chi connectivity index (χ0v) is 11.6. The van der Waals surface area contributed by atoms with Crippen molar-refractivity contribution in [3.8, 4) is 0 Å². The Morgan fingerprint density at radius 3 is 2.95 bits per heavy atom. The fraction of sp³-hybridized carbons (Fsp3) is 0.462. The lowest BCUT2D eigenvalue weighted by Crippen LogP contribution is -2.32. The van der Waals surface area contributed by atoms with E-state index in [4.69, 9.17) is 0 Å². The predicted molar refractivity (Wildman–Crippen MR) is 74.9 cm³/mol. The van der Waals surface area contributed by atoms with Gasteiger partial charge in [0, 0.05) is 19.6 Å². The molecule has 2 rings (SSSR count). The second-order valence-corrected chi connectivity index (χ2v) is 4.83. The summed E-state index contributed by atoms with van der Waals surface area (Å²) in [5.74, 6) is 0.650. The van der Waals surface area contributed by atoms with Crippen LogP contribution >= 0.6 is 0 Å². The van der Waals surface area contributed by atoms with E-state index in [0.717, 1.165) is 6.54 Å². The maximum absolute atomic E-state index is 11.9. The van der Waals surface area contributed by atoms with Gasteiger partial charge < -0.3 is 4.98 Å². The van der Waals surface area contributed by atoms with Gasteiger partial charge in [-0.25, -0.2) is 4.98 Å². The van der Waals surface area contributed by atoms with Crippen LogP contribution in [0.4, 0.5) is 0 Å². The predicted octanol–water partition coefficient (Wildman–Crippen LogP) is 1.05. The summed E-state index contributed by atoms with van der Waals surface area (Å²) in [6.45, 7) is 9.29. The van der Waals surface area contributed by atoms with E-state index in [1.807, 2.05) is 6.08 Å². The van der Waals surface area contributed by atoms with Crippen LogP contribution in [-0.4, -0.2) is 37.2 Å². The number of aromatic amines is 1. The molecular weight excluding hydrogens is 242 g/mol. The highest BCUT2D eigenvalue weighted by Gasteiger charge is 2.13. The molecule has 102 valence electrons. The summed E-state index contributed by atoms with van der Waals surface area (Å²) >= 11 is 0. The summed E-state index contributed by atoms with van der Waals surface area (Å²) in [7, 11) is 1.78. The molecule has 0 saturated carbocycles. The molecule has 0 saturated heterocycles. The third kappa shape index (κ3) is 2.73. The van der Waals surface area contributed by atoms with Crippen molar-refractivity contribution >= 4 is 11.0 Å². The molecular formula is C13H19N5O. The highest BCUT2D eigenvalue weighted by Crippen LogP contribution is 2.08. The SMILES string of the molecule is C=CCN(Cc1nc2c(cnn2C)c(=O)[nH]1)C(C)C. The van der Waals surface area contributed by atoms with E-state index in [0.29, 0.717) is 29.4 Å². The highest BCUT2D eigenvalue weighted by molar-refractivity contribution is 5.72. The van der Waals surface area contributed by atoms with E-state index in [-0.39, 0.29) is 5.56 Å². The van der Waals surface area contributed by atoms with Gasteiger partial charge in [0.15, 0.2) is 5.65 Å². The number of H-pyrrole nitrogens is 1. The Morgan fingerprint density at radius 1 is 1.58 bits per heavy atom. The Balaban J connectivity index is 2.37. The lowest BCUT2D eigenvalue weighted by molar-refractivity contribution is 0.231.